The molecule has 92 valence electrons. The summed E-state index contributed by atoms with van der Waals surface area (Å²) in [4.78, 5) is 6.54. The zero-order valence-electron chi connectivity index (χ0n) is 9.98. The molecule has 0 bridgehead atoms. The summed E-state index contributed by atoms with van der Waals surface area (Å²) < 4.78 is 5.03. The molecule has 1 aromatic heterocycles. The van der Waals surface area contributed by atoms with Crippen molar-refractivity contribution < 1.29 is 0 Å². The molecule has 0 aromatic carbocycles. The van der Waals surface area contributed by atoms with Crippen LogP contribution in [0.5, 0.6) is 0 Å². The van der Waals surface area contributed by atoms with Gasteiger partial charge in [0.2, 0.25) is 0 Å². The average Bonchev–Trinajstić information content (AvgIpc) is 2.81. The maximum atomic E-state index is 4.12. The van der Waals surface area contributed by atoms with Gasteiger partial charge in [-0.2, -0.15) is 4.37 Å². The van der Waals surface area contributed by atoms with Gasteiger partial charge in [-0.3, -0.25) is 0 Å². The van der Waals surface area contributed by atoms with Gasteiger partial charge in [0.05, 0.1) is 0 Å². The maximum Gasteiger partial charge on any atom is 0.169 e. The van der Waals surface area contributed by atoms with Crippen molar-refractivity contribution in [3.63, 3.8) is 0 Å². The molecule has 0 aliphatic rings. The summed E-state index contributed by atoms with van der Waals surface area (Å²) in [6.07, 6.45) is 1.61. The second kappa shape index (κ2) is 8.92. The number of nitrogens with zero attached hydrogens (tertiary/aromatic N) is 3. The van der Waals surface area contributed by atoms with Crippen LogP contribution in [0.2, 0.25) is 0 Å². The Kier molecular flexibility index (Phi) is 7.75. The lowest BCUT2D eigenvalue weighted by molar-refractivity contribution is 0.303. The molecule has 0 fully saturated rings. The first-order valence-electron chi connectivity index (χ1n) is 5.69. The molecule has 0 radical (unpaired) electrons. The Morgan fingerprint density at radius 1 is 1.38 bits per heavy atom. The van der Waals surface area contributed by atoms with E-state index in [-0.39, 0.29) is 0 Å². The van der Waals surface area contributed by atoms with E-state index in [9.17, 15) is 0 Å². The minimum Gasteiger partial charge on any atom is -0.315 e. The number of rotatable bonds is 9. The van der Waals surface area contributed by atoms with E-state index in [2.05, 4.69) is 33.4 Å². The number of likely N-dealkylation sites (N-methyl/N-ethyl adjacent to an activating group) is 1. The Hall–Kier alpha value is -0.170. The number of hydrogen-bond acceptors (Lipinski definition) is 6. The Labute approximate surface area is 106 Å². The third-order valence-electron chi connectivity index (χ3n) is 2.34. The quantitative estimate of drug-likeness (QED) is 0.539. The second-order valence-electron chi connectivity index (χ2n) is 3.33. The van der Waals surface area contributed by atoms with Crippen molar-refractivity contribution in [2.75, 3.05) is 38.5 Å². The molecule has 1 rings (SSSR count). The molecule has 0 unspecified atom stereocenters. The third-order valence-corrected chi connectivity index (χ3v) is 4.14. The summed E-state index contributed by atoms with van der Waals surface area (Å²) >= 11 is 3.23. The van der Waals surface area contributed by atoms with E-state index in [0.717, 1.165) is 42.8 Å². The maximum absolute atomic E-state index is 4.12. The zero-order chi connectivity index (χ0) is 11.6. The highest BCUT2D eigenvalue weighted by Gasteiger charge is 1.99. The smallest absolute Gasteiger partial charge is 0.169 e. The van der Waals surface area contributed by atoms with Crippen LogP contribution >= 0.6 is 23.3 Å². The molecule has 0 saturated carbocycles. The van der Waals surface area contributed by atoms with Crippen molar-refractivity contribution in [3.8, 4) is 0 Å². The van der Waals surface area contributed by atoms with Gasteiger partial charge in [0.25, 0.3) is 0 Å². The standard InChI is InChI=1S/C10H20N4S2/c1-3-14(4-2)7-5-11-6-8-15-10-12-9-13-16-10/h9,11H,3-8H2,1-2H3. The first kappa shape index (κ1) is 13.9. The summed E-state index contributed by atoms with van der Waals surface area (Å²) in [7, 11) is 0. The summed E-state index contributed by atoms with van der Waals surface area (Å²) in [6, 6.07) is 0. The van der Waals surface area contributed by atoms with E-state index in [4.69, 9.17) is 0 Å². The fourth-order valence-corrected chi connectivity index (χ4v) is 2.75. The normalized spacial score (nSPS) is 11.2. The summed E-state index contributed by atoms with van der Waals surface area (Å²) in [5.41, 5.74) is 0. The summed E-state index contributed by atoms with van der Waals surface area (Å²) in [6.45, 7) is 9.92. The van der Waals surface area contributed by atoms with Crippen LogP contribution in [0.25, 0.3) is 0 Å². The van der Waals surface area contributed by atoms with Gasteiger partial charge in [-0.15, -0.1) is 0 Å². The number of hydrogen-bond donors (Lipinski definition) is 1. The van der Waals surface area contributed by atoms with Crippen molar-refractivity contribution in [2.45, 2.75) is 18.2 Å². The van der Waals surface area contributed by atoms with Gasteiger partial charge in [-0.25, -0.2) is 4.98 Å². The van der Waals surface area contributed by atoms with Crippen LogP contribution in [0.15, 0.2) is 10.7 Å². The van der Waals surface area contributed by atoms with Crippen molar-refractivity contribution in [1.29, 1.82) is 0 Å². The molecule has 0 spiro atoms. The van der Waals surface area contributed by atoms with E-state index in [0.29, 0.717) is 0 Å². The van der Waals surface area contributed by atoms with E-state index in [1.54, 1.807) is 18.1 Å². The van der Waals surface area contributed by atoms with E-state index >= 15 is 0 Å². The second-order valence-corrected chi connectivity index (χ2v) is 5.45. The Bertz CT molecular complexity index is 249. The molecular formula is C10H20N4S2. The lowest BCUT2D eigenvalue weighted by Gasteiger charge is -2.17. The highest BCUT2D eigenvalue weighted by Crippen LogP contribution is 2.16. The summed E-state index contributed by atoms with van der Waals surface area (Å²) in [5.74, 6) is 1.06. The van der Waals surface area contributed by atoms with Crippen LogP contribution in [0.1, 0.15) is 13.8 Å². The van der Waals surface area contributed by atoms with E-state index in [1.807, 2.05) is 0 Å². The third kappa shape index (κ3) is 5.79. The van der Waals surface area contributed by atoms with Gasteiger partial charge < -0.3 is 10.2 Å². The fraction of sp³-hybridized carbons (Fsp3) is 0.800. The van der Waals surface area contributed by atoms with Gasteiger partial charge >= 0.3 is 0 Å². The van der Waals surface area contributed by atoms with Crippen molar-refractivity contribution in [1.82, 2.24) is 19.6 Å². The van der Waals surface area contributed by atoms with Gasteiger partial charge in [-0.05, 0) is 24.6 Å². The molecule has 4 nitrogen and oxygen atoms in total. The SMILES string of the molecule is CCN(CC)CCNCCSc1ncns1. The molecule has 0 aliphatic carbocycles. The Morgan fingerprint density at radius 2 is 2.19 bits per heavy atom. The van der Waals surface area contributed by atoms with Gasteiger partial charge in [-0.1, -0.05) is 25.6 Å². The highest BCUT2D eigenvalue weighted by molar-refractivity contribution is 8.00. The minimum absolute atomic E-state index is 1.03. The highest BCUT2D eigenvalue weighted by atomic mass is 32.2. The first-order valence-corrected chi connectivity index (χ1v) is 7.45. The molecule has 6 heteroatoms. The van der Waals surface area contributed by atoms with Gasteiger partial charge in [0.1, 0.15) is 6.33 Å². The average molecular weight is 260 g/mol. The fourth-order valence-electron chi connectivity index (χ4n) is 1.34. The number of aromatic nitrogens is 2. The zero-order valence-corrected chi connectivity index (χ0v) is 11.6. The van der Waals surface area contributed by atoms with Crippen LogP contribution in [-0.4, -0.2) is 52.7 Å². The van der Waals surface area contributed by atoms with Crippen LogP contribution in [-0.2, 0) is 0 Å². The number of nitrogens with one attached hydrogen (secondary N) is 1. The van der Waals surface area contributed by atoms with Crippen LogP contribution in [0.3, 0.4) is 0 Å². The van der Waals surface area contributed by atoms with Crippen LogP contribution in [0.4, 0.5) is 0 Å². The monoisotopic (exact) mass is 260 g/mol. The number of thioether (sulfide) groups is 1. The van der Waals surface area contributed by atoms with Crippen LogP contribution < -0.4 is 5.32 Å². The molecule has 1 aromatic rings. The molecule has 0 saturated heterocycles. The molecule has 0 aliphatic heterocycles. The van der Waals surface area contributed by atoms with Crippen molar-refractivity contribution in [3.05, 3.63) is 6.33 Å². The predicted molar refractivity (Wildman–Crippen MR) is 71.3 cm³/mol. The summed E-state index contributed by atoms with van der Waals surface area (Å²) in [5, 5.41) is 3.44. The van der Waals surface area contributed by atoms with Gasteiger partial charge in [0.15, 0.2) is 4.34 Å². The first-order chi connectivity index (χ1) is 7.86. The molecule has 16 heavy (non-hydrogen) atoms. The predicted octanol–water partition coefficient (Wildman–Crippen LogP) is 1.56. The Balaban J connectivity index is 1.92. The molecule has 1 N–H and O–H groups in total. The minimum atomic E-state index is 1.03. The lowest BCUT2D eigenvalue weighted by atomic mass is 10.4. The Morgan fingerprint density at radius 3 is 2.81 bits per heavy atom. The molecule has 0 amide bonds. The lowest BCUT2D eigenvalue weighted by Crippen LogP contribution is -2.32. The molecular weight excluding hydrogens is 240 g/mol. The van der Waals surface area contributed by atoms with Crippen molar-refractivity contribution in [2.24, 2.45) is 0 Å². The molecule has 0 atom stereocenters. The van der Waals surface area contributed by atoms with Gasteiger partial charge in [0, 0.05) is 25.4 Å². The molecule has 1 heterocycles. The topological polar surface area (TPSA) is 41.0 Å². The largest absolute Gasteiger partial charge is 0.315 e. The van der Waals surface area contributed by atoms with Crippen LogP contribution in [0, 0.1) is 0 Å². The van der Waals surface area contributed by atoms with E-state index < -0.39 is 0 Å². The van der Waals surface area contributed by atoms with Crippen molar-refractivity contribution >= 4 is 23.3 Å². The van der Waals surface area contributed by atoms with E-state index in [1.165, 1.54) is 11.5 Å².